The van der Waals surface area contributed by atoms with E-state index in [9.17, 15) is 9.18 Å². The molecule has 3 heteroatoms. The lowest BCUT2D eigenvalue weighted by molar-refractivity contribution is -0.110. The summed E-state index contributed by atoms with van der Waals surface area (Å²) < 4.78 is 13.1. The number of amides is 1. The Morgan fingerprint density at radius 2 is 1.83 bits per heavy atom. The van der Waals surface area contributed by atoms with E-state index in [1.54, 1.807) is 12.1 Å². The van der Waals surface area contributed by atoms with E-state index in [1.807, 2.05) is 30.3 Å². The molecule has 0 atom stereocenters. The molecule has 0 bridgehead atoms. The van der Waals surface area contributed by atoms with Crippen molar-refractivity contribution in [2.24, 2.45) is 0 Å². The van der Waals surface area contributed by atoms with Crippen molar-refractivity contribution in [2.75, 3.05) is 5.32 Å². The highest BCUT2D eigenvalue weighted by Gasteiger charge is 2.24. The number of rotatable bonds is 1. The van der Waals surface area contributed by atoms with Gasteiger partial charge in [0.2, 0.25) is 0 Å². The van der Waals surface area contributed by atoms with Crippen molar-refractivity contribution in [2.45, 2.75) is 0 Å². The molecule has 0 unspecified atom stereocenters. The second kappa shape index (κ2) is 4.11. The summed E-state index contributed by atoms with van der Waals surface area (Å²) in [6, 6.07) is 13.9. The molecule has 2 aromatic carbocycles. The maximum Gasteiger partial charge on any atom is 0.256 e. The molecule has 0 aromatic heterocycles. The molecular formula is C15H10FNO. The zero-order chi connectivity index (χ0) is 12.5. The first-order chi connectivity index (χ1) is 8.74. The van der Waals surface area contributed by atoms with E-state index in [1.165, 1.54) is 12.1 Å². The molecule has 0 radical (unpaired) electrons. The van der Waals surface area contributed by atoms with Crippen LogP contribution in [-0.4, -0.2) is 5.91 Å². The molecule has 0 spiro atoms. The summed E-state index contributed by atoms with van der Waals surface area (Å²) in [6.45, 7) is 0. The first-order valence-electron chi connectivity index (χ1n) is 5.62. The molecule has 3 rings (SSSR count). The molecule has 1 amide bonds. The third-order valence-corrected chi connectivity index (χ3v) is 2.88. The van der Waals surface area contributed by atoms with Crippen LogP contribution in [-0.2, 0) is 4.79 Å². The minimum Gasteiger partial charge on any atom is -0.321 e. The van der Waals surface area contributed by atoms with Gasteiger partial charge in [-0.15, -0.1) is 0 Å². The van der Waals surface area contributed by atoms with Crippen molar-refractivity contribution in [1.29, 1.82) is 0 Å². The van der Waals surface area contributed by atoms with Gasteiger partial charge in [0.25, 0.3) is 5.91 Å². The molecular weight excluding hydrogens is 229 g/mol. The average molecular weight is 239 g/mol. The molecule has 88 valence electrons. The molecule has 1 aliphatic rings. The second-order valence-corrected chi connectivity index (χ2v) is 4.11. The van der Waals surface area contributed by atoms with Gasteiger partial charge in [0, 0.05) is 11.1 Å². The zero-order valence-electron chi connectivity index (χ0n) is 9.48. The molecule has 0 saturated heterocycles. The van der Waals surface area contributed by atoms with Crippen LogP contribution >= 0.6 is 0 Å². The third kappa shape index (κ3) is 1.80. The van der Waals surface area contributed by atoms with Gasteiger partial charge in [-0.3, -0.25) is 4.79 Å². The van der Waals surface area contributed by atoms with E-state index in [0.29, 0.717) is 11.3 Å². The number of hydrogen-bond donors (Lipinski definition) is 1. The second-order valence-electron chi connectivity index (χ2n) is 4.11. The Bertz CT molecular complexity index is 647. The number of hydrogen-bond acceptors (Lipinski definition) is 1. The van der Waals surface area contributed by atoms with Crippen molar-refractivity contribution in [3.05, 3.63) is 65.5 Å². The summed E-state index contributed by atoms with van der Waals surface area (Å²) in [7, 11) is 0. The van der Waals surface area contributed by atoms with Gasteiger partial charge in [0.05, 0.1) is 5.69 Å². The van der Waals surface area contributed by atoms with Crippen LogP contribution in [0.3, 0.4) is 0 Å². The van der Waals surface area contributed by atoms with Gasteiger partial charge in [0.15, 0.2) is 0 Å². The van der Waals surface area contributed by atoms with Gasteiger partial charge in [-0.05, 0) is 29.8 Å². The highest BCUT2D eigenvalue weighted by atomic mass is 19.1. The lowest BCUT2D eigenvalue weighted by Crippen LogP contribution is -2.03. The molecule has 1 N–H and O–H groups in total. The predicted molar refractivity (Wildman–Crippen MR) is 69.3 cm³/mol. The Balaban J connectivity index is 2.10. The SMILES string of the molecule is O=C1Nc2cc(F)ccc2/C1=C\c1ccccc1. The van der Waals surface area contributed by atoms with Crippen molar-refractivity contribution in [3.8, 4) is 0 Å². The Morgan fingerprint density at radius 1 is 1.06 bits per heavy atom. The number of benzene rings is 2. The smallest absolute Gasteiger partial charge is 0.256 e. The monoisotopic (exact) mass is 239 g/mol. The highest BCUT2D eigenvalue weighted by molar-refractivity contribution is 6.34. The van der Waals surface area contributed by atoms with Gasteiger partial charge in [-0.2, -0.15) is 0 Å². The maximum absolute atomic E-state index is 13.1. The highest BCUT2D eigenvalue weighted by Crippen LogP contribution is 2.33. The topological polar surface area (TPSA) is 29.1 Å². The fourth-order valence-corrected chi connectivity index (χ4v) is 2.03. The summed E-state index contributed by atoms with van der Waals surface area (Å²) in [5.41, 5.74) is 2.78. The molecule has 1 heterocycles. The average Bonchev–Trinajstić information content (AvgIpc) is 2.66. The molecule has 18 heavy (non-hydrogen) atoms. The Hall–Kier alpha value is -2.42. The van der Waals surface area contributed by atoms with Crippen LogP contribution in [0.1, 0.15) is 11.1 Å². The number of fused-ring (bicyclic) bond motifs is 1. The molecule has 2 nitrogen and oxygen atoms in total. The summed E-state index contributed by atoms with van der Waals surface area (Å²) in [5, 5.41) is 2.66. The van der Waals surface area contributed by atoms with Crippen LogP contribution in [0.15, 0.2) is 48.5 Å². The van der Waals surface area contributed by atoms with E-state index in [2.05, 4.69) is 5.32 Å². The van der Waals surface area contributed by atoms with Crippen LogP contribution in [0.4, 0.5) is 10.1 Å². The minimum absolute atomic E-state index is 0.195. The quantitative estimate of drug-likeness (QED) is 0.760. The van der Waals surface area contributed by atoms with Gasteiger partial charge in [-0.1, -0.05) is 30.3 Å². The molecule has 0 aliphatic carbocycles. The van der Waals surface area contributed by atoms with Gasteiger partial charge in [0.1, 0.15) is 5.82 Å². The van der Waals surface area contributed by atoms with E-state index in [4.69, 9.17) is 0 Å². The van der Waals surface area contributed by atoms with E-state index in [-0.39, 0.29) is 11.7 Å². The number of halogens is 1. The zero-order valence-corrected chi connectivity index (χ0v) is 9.48. The standard InChI is InChI=1S/C15H10FNO/c16-11-6-7-12-13(15(18)17-14(12)9-11)8-10-4-2-1-3-5-10/h1-9H,(H,17,18)/b13-8+. The molecule has 0 fully saturated rings. The van der Waals surface area contributed by atoms with Crippen molar-refractivity contribution >= 4 is 23.2 Å². The van der Waals surface area contributed by atoms with Crippen molar-refractivity contribution in [1.82, 2.24) is 0 Å². The van der Waals surface area contributed by atoms with Crippen LogP contribution in [0.2, 0.25) is 0 Å². The number of anilines is 1. The number of carbonyl (C=O) groups excluding carboxylic acids is 1. The van der Waals surface area contributed by atoms with E-state index in [0.717, 1.165) is 11.1 Å². The summed E-state index contributed by atoms with van der Waals surface area (Å²) >= 11 is 0. The Kier molecular flexibility index (Phi) is 2.45. The van der Waals surface area contributed by atoms with Gasteiger partial charge < -0.3 is 5.32 Å². The Morgan fingerprint density at radius 3 is 2.61 bits per heavy atom. The fraction of sp³-hybridized carbons (Fsp3) is 0. The van der Waals surface area contributed by atoms with Gasteiger partial charge >= 0.3 is 0 Å². The van der Waals surface area contributed by atoms with E-state index < -0.39 is 0 Å². The molecule has 1 aliphatic heterocycles. The van der Waals surface area contributed by atoms with Crippen molar-refractivity contribution in [3.63, 3.8) is 0 Å². The third-order valence-electron chi connectivity index (χ3n) is 2.88. The predicted octanol–water partition coefficient (Wildman–Crippen LogP) is 3.32. The fourth-order valence-electron chi connectivity index (χ4n) is 2.03. The van der Waals surface area contributed by atoms with Crippen LogP contribution in [0, 0.1) is 5.82 Å². The maximum atomic E-state index is 13.1. The lowest BCUT2D eigenvalue weighted by atomic mass is 10.0. The van der Waals surface area contributed by atoms with Gasteiger partial charge in [-0.25, -0.2) is 4.39 Å². The van der Waals surface area contributed by atoms with Crippen LogP contribution < -0.4 is 5.32 Å². The minimum atomic E-state index is -0.352. The number of nitrogens with one attached hydrogen (secondary N) is 1. The first kappa shape index (κ1) is 10.7. The van der Waals surface area contributed by atoms with Crippen molar-refractivity contribution < 1.29 is 9.18 Å². The Labute approximate surface area is 104 Å². The summed E-state index contributed by atoms with van der Waals surface area (Å²) in [4.78, 5) is 11.8. The van der Waals surface area contributed by atoms with Crippen LogP contribution in [0.25, 0.3) is 11.6 Å². The van der Waals surface area contributed by atoms with Crippen LogP contribution in [0.5, 0.6) is 0 Å². The lowest BCUT2D eigenvalue weighted by Gasteiger charge is -1.98. The first-order valence-corrected chi connectivity index (χ1v) is 5.62. The summed E-state index contributed by atoms with van der Waals surface area (Å²) in [5.74, 6) is -0.547. The normalized spacial score (nSPS) is 15.6. The number of carbonyl (C=O) groups is 1. The molecule has 0 saturated carbocycles. The van der Waals surface area contributed by atoms with E-state index >= 15 is 0 Å². The summed E-state index contributed by atoms with van der Waals surface area (Å²) in [6.07, 6.45) is 1.80. The molecule has 2 aromatic rings. The largest absolute Gasteiger partial charge is 0.321 e.